The quantitative estimate of drug-likeness (QED) is 0.487. The monoisotopic (exact) mass is 495 g/mol. The summed E-state index contributed by atoms with van der Waals surface area (Å²) in [5.74, 6) is 0.559. The van der Waals surface area contributed by atoms with Crippen LogP contribution < -0.4 is 4.74 Å². The van der Waals surface area contributed by atoms with Crippen molar-refractivity contribution in [2.45, 2.75) is 37.5 Å². The Labute approximate surface area is 216 Å². The molecule has 1 spiro atoms. The minimum Gasteiger partial charge on any atom is -0.484 e. The molecule has 188 valence electrons. The van der Waals surface area contributed by atoms with Crippen LogP contribution in [-0.4, -0.2) is 47.1 Å². The zero-order valence-electron chi connectivity index (χ0n) is 20.8. The summed E-state index contributed by atoms with van der Waals surface area (Å²) in [6.07, 6.45) is 0.584. The first-order valence-electron chi connectivity index (χ1n) is 12.5. The molecule has 1 atom stereocenters. The van der Waals surface area contributed by atoms with Gasteiger partial charge in [-0.3, -0.25) is 9.69 Å². The Hall–Kier alpha value is -4.31. The van der Waals surface area contributed by atoms with Gasteiger partial charge in [0.2, 0.25) is 0 Å². The Morgan fingerprint density at radius 3 is 2.27 bits per heavy atom. The van der Waals surface area contributed by atoms with Gasteiger partial charge in [-0.25, -0.2) is 4.79 Å². The molecule has 2 fully saturated rings. The van der Waals surface area contributed by atoms with Crippen molar-refractivity contribution in [2.24, 2.45) is 0 Å². The number of carbonyl (C=O) groups excluding carboxylic acids is 2. The van der Waals surface area contributed by atoms with E-state index in [0.29, 0.717) is 37.2 Å². The number of piperidine rings is 1. The van der Waals surface area contributed by atoms with E-state index in [1.807, 2.05) is 85.8 Å². The third kappa shape index (κ3) is 4.40. The first-order valence-corrected chi connectivity index (χ1v) is 12.5. The predicted octanol–water partition coefficient (Wildman–Crippen LogP) is 4.87. The number of benzene rings is 3. The normalized spacial score (nSPS) is 20.4. The molecule has 7 nitrogen and oxygen atoms in total. The lowest BCUT2D eigenvalue weighted by atomic mass is 9.70. The van der Waals surface area contributed by atoms with Gasteiger partial charge in [0.1, 0.15) is 16.9 Å². The molecule has 2 aliphatic heterocycles. The van der Waals surface area contributed by atoms with E-state index in [1.165, 1.54) is 0 Å². The zero-order chi connectivity index (χ0) is 25.9. The van der Waals surface area contributed by atoms with Crippen LogP contribution in [0.3, 0.4) is 0 Å². The van der Waals surface area contributed by atoms with Crippen molar-refractivity contribution in [2.75, 3.05) is 19.7 Å². The number of amides is 2. The Kier molecular flexibility index (Phi) is 6.58. The van der Waals surface area contributed by atoms with Crippen LogP contribution in [-0.2, 0) is 21.6 Å². The number of nitriles is 1. The summed E-state index contributed by atoms with van der Waals surface area (Å²) in [6, 6.07) is 28.7. The third-order valence-electron chi connectivity index (χ3n) is 7.76. The summed E-state index contributed by atoms with van der Waals surface area (Å²) in [5.41, 5.74) is 0.660. The number of hydrogen-bond donors (Lipinski definition) is 0. The Morgan fingerprint density at radius 2 is 1.59 bits per heavy atom. The molecule has 0 radical (unpaired) electrons. The van der Waals surface area contributed by atoms with Gasteiger partial charge < -0.3 is 14.4 Å². The molecule has 2 amide bonds. The fourth-order valence-electron chi connectivity index (χ4n) is 5.55. The maximum Gasteiger partial charge on any atom is 0.411 e. The van der Waals surface area contributed by atoms with Crippen LogP contribution in [0.2, 0.25) is 0 Å². The lowest BCUT2D eigenvalue weighted by Gasteiger charge is -2.48. The summed E-state index contributed by atoms with van der Waals surface area (Å²) in [5, 5.41) is 9.61. The van der Waals surface area contributed by atoms with E-state index >= 15 is 0 Å². The van der Waals surface area contributed by atoms with Crippen LogP contribution >= 0.6 is 0 Å². The topological polar surface area (TPSA) is 82.9 Å². The van der Waals surface area contributed by atoms with Gasteiger partial charge in [-0.15, -0.1) is 0 Å². The molecule has 0 aliphatic carbocycles. The maximum absolute atomic E-state index is 13.4. The largest absolute Gasteiger partial charge is 0.484 e. The molecule has 3 aromatic carbocycles. The second-order valence-electron chi connectivity index (χ2n) is 9.64. The van der Waals surface area contributed by atoms with Gasteiger partial charge in [-0.2, -0.15) is 5.26 Å². The molecule has 0 aromatic heterocycles. The standard InChI is InChI=1S/C30H29N3O4/c1-29(25-12-4-2-5-13-25)30(37-28(35)33(29)21-24-11-9-8-10-23(24)20-31)16-18-32(19-17-30)27(34)22-36-26-14-6-3-7-15-26/h2-15H,16-19,21-22H2,1H3. The molecular weight excluding hydrogens is 466 g/mol. The number of carbonyl (C=O) groups is 2. The van der Waals surface area contributed by atoms with Crippen molar-refractivity contribution in [3.63, 3.8) is 0 Å². The van der Waals surface area contributed by atoms with Crippen molar-refractivity contribution in [1.29, 1.82) is 5.26 Å². The maximum atomic E-state index is 13.4. The Balaban J connectivity index is 1.39. The molecule has 2 heterocycles. The van der Waals surface area contributed by atoms with Gasteiger partial charge in [0.15, 0.2) is 6.61 Å². The first kappa shape index (κ1) is 24.4. The van der Waals surface area contributed by atoms with Gasteiger partial charge in [-0.1, -0.05) is 66.7 Å². The van der Waals surface area contributed by atoms with Crippen LogP contribution in [0.1, 0.15) is 36.5 Å². The average molecular weight is 496 g/mol. The van der Waals surface area contributed by atoms with Crippen LogP contribution in [0.15, 0.2) is 84.9 Å². The minimum atomic E-state index is -0.815. The Bertz CT molecular complexity index is 1310. The number of hydrogen-bond acceptors (Lipinski definition) is 5. The fourth-order valence-corrected chi connectivity index (χ4v) is 5.55. The van der Waals surface area contributed by atoms with Crippen LogP contribution in [0.4, 0.5) is 4.79 Å². The summed E-state index contributed by atoms with van der Waals surface area (Å²) in [7, 11) is 0. The highest BCUT2D eigenvalue weighted by molar-refractivity contribution is 5.78. The van der Waals surface area contributed by atoms with Gasteiger partial charge in [0.05, 0.1) is 18.2 Å². The number of nitrogens with zero attached hydrogens (tertiary/aromatic N) is 3. The van der Waals surface area contributed by atoms with Gasteiger partial charge in [-0.05, 0) is 36.2 Å². The third-order valence-corrected chi connectivity index (χ3v) is 7.76. The van der Waals surface area contributed by atoms with Crippen molar-refractivity contribution in [3.8, 4) is 11.8 Å². The van der Waals surface area contributed by atoms with Gasteiger partial charge in [0, 0.05) is 25.9 Å². The molecular formula is C30H29N3O4. The molecule has 0 bridgehead atoms. The number of likely N-dealkylation sites (tertiary alicyclic amines) is 1. The molecule has 7 heteroatoms. The van der Waals surface area contributed by atoms with E-state index in [9.17, 15) is 14.9 Å². The highest BCUT2D eigenvalue weighted by atomic mass is 16.6. The molecule has 37 heavy (non-hydrogen) atoms. The fraction of sp³-hybridized carbons (Fsp3) is 0.300. The lowest BCUT2D eigenvalue weighted by Crippen LogP contribution is -2.59. The van der Waals surface area contributed by atoms with Crippen molar-refractivity contribution < 1.29 is 19.1 Å². The van der Waals surface area contributed by atoms with E-state index in [0.717, 1.165) is 11.1 Å². The molecule has 0 saturated carbocycles. The first-order chi connectivity index (χ1) is 18.0. The Morgan fingerprint density at radius 1 is 0.973 bits per heavy atom. The second-order valence-corrected chi connectivity index (χ2v) is 9.64. The number of rotatable bonds is 6. The van der Waals surface area contributed by atoms with E-state index < -0.39 is 17.2 Å². The van der Waals surface area contributed by atoms with E-state index in [4.69, 9.17) is 9.47 Å². The molecule has 1 unspecified atom stereocenters. The highest BCUT2D eigenvalue weighted by Gasteiger charge is 2.63. The van der Waals surface area contributed by atoms with Crippen molar-refractivity contribution in [1.82, 2.24) is 9.80 Å². The molecule has 2 aliphatic rings. The van der Waals surface area contributed by atoms with E-state index in [-0.39, 0.29) is 19.1 Å². The van der Waals surface area contributed by atoms with E-state index in [2.05, 4.69) is 6.07 Å². The summed E-state index contributed by atoms with van der Waals surface area (Å²) < 4.78 is 11.9. The van der Waals surface area contributed by atoms with Crippen LogP contribution in [0.5, 0.6) is 5.75 Å². The number of para-hydroxylation sites is 1. The predicted molar refractivity (Wildman–Crippen MR) is 137 cm³/mol. The average Bonchev–Trinajstić information content (AvgIpc) is 3.15. The lowest BCUT2D eigenvalue weighted by molar-refractivity contribution is -0.139. The van der Waals surface area contributed by atoms with Crippen LogP contribution in [0, 0.1) is 11.3 Å². The summed E-state index contributed by atoms with van der Waals surface area (Å²) in [6.45, 7) is 3.16. The number of ether oxygens (including phenoxy) is 2. The zero-order valence-corrected chi connectivity index (χ0v) is 20.8. The smallest absolute Gasteiger partial charge is 0.411 e. The molecule has 0 N–H and O–H groups in total. The van der Waals surface area contributed by atoms with Gasteiger partial charge in [0.25, 0.3) is 5.91 Å². The highest BCUT2D eigenvalue weighted by Crippen LogP contribution is 2.52. The summed E-state index contributed by atoms with van der Waals surface area (Å²) in [4.78, 5) is 29.9. The second kappa shape index (κ2) is 9.98. The SMILES string of the molecule is CC1(c2ccccc2)N(Cc2ccccc2C#N)C(=O)OC12CCN(C(=O)COc1ccccc1)CC2. The summed E-state index contributed by atoms with van der Waals surface area (Å²) >= 11 is 0. The van der Waals surface area contributed by atoms with E-state index in [1.54, 1.807) is 15.9 Å². The molecule has 5 rings (SSSR count). The van der Waals surface area contributed by atoms with Crippen LogP contribution in [0.25, 0.3) is 0 Å². The molecule has 2 saturated heterocycles. The minimum absolute atomic E-state index is 0.0379. The molecule has 3 aromatic rings. The van der Waals surface area contributed by atoms with Gasteiger partial charge >= 0.3 is 6.09 Å². The van der Waals surface area contributed by atoms with Crippen molar-refractivity contribution >= 4 is 12.0 Å². The van der Waals surface area contributed by atoms with Crippen molar-refractivity contribution in [3.05, 3.63) is 102 Å².